The third kappa shape index (κ3) is 1.89. The van der Waals surface area contributed by atoms with Crippen molar-refractivity contribution in [1.82, 2.24) is 19.1 Å². The summed E-state index contributed by atoms with van der Waals surface area (Å²) in [6, 6.07) is 4.13. The van der Waals surface area contributed by atoms with Crippen LogP contribution in [0.5, 0.6) is 0 Å². The predicted octanol–water partition coefficient (Wildman–Crippen LogP) is 2.39. The van der Waals surface area contributed by atoms with E-state index >= 15 is 0 Å². The average Bonchev–Trinajstić information content (AvgIpc) is 3.02. The molecule has 3 aromatic rings. The van der Waals surface area contributed by atoms with Gasteiger partial charge in [0.1, 0.15) is 5.82 Å². The second-order valence-electron chi connectivity index (χ2n) is 3.85. The third-order valence-electron chi connectivity index (χ3n) is 2.71. The molecule has 0 unspecified atom stereocenters. The molecule has 4 nitrogen and oxygen atoms in total. The molecule has 3 rings (SSSR count). The molecule has 0 aliphatic carbocycles. The van der Waals surface area contributed by atoms with Crippen molar-refractivity contribution in [3.63, 3.8) is 0 Å². The van der Waals surface area contributed by atoms with Crippen LogP contribution < -0.4 is 0 Å². The molecule has 0 aliphatic rings. The highest BCUT2D eigenvalue weighted by Crippen LogP contribution is 2.23. The molecule has 86 valence electrons. The minimum absolute atomic E-state index is 0.795. The normalized spacial score (nSPS) is 10.9. The Kier molecular flexibility index (Phi) is 2.53. The zero-order valence-electron chi connectivity index (χ0n) is 9.45. The summed E-state index contributed by atoms with van der Waals surface area (Å²) in [5.41, 5.74) is 1.17. The maximum Gasteiger partial charge on any atom is 0.150 e. The fraction of sp³-hybridized carbons (Fsp3) is 0.167. The fourth-order valence-corrected chi connectivity index (χ4v) is 2.52. The highest BCUT2D eigenvalue weighted by atomic mass is 32.1. The molecule has 0 atom stereocenters. The van der Waals surface area contributed by atoms with Gasteiger partial charge in [-0.3, -0.25) is 0 Å². The fourth-order valence-electron chi connectivity index (χ4n) is 1.78. The first kappa shape index (κ1) is 10.3. The number of nitrogens with zero attached hydrogens (tertiary/aromatic N) is 4. The van der Waals surface area contributed by atoms with Gasteiger partial charge in [-0.1, -0.05) is 6.07 Å². The zero-order chi connectivity index (χ0) is 11.7. The molecule has 0 bridgehead atoms. The van der Waals surface area contributed by atoms with Gasteiger partial charge in [0.15, 0.2) is 0 Å². The van der Waals surface area contributed by atoms with Crippen LogP contribution in [0.25, 0.3) is 10.7 Å². The molecular formula is C12H12N4S. The first-order chi connectivity index (χ1) is 8.34. The van der Waals surface area contributed by atoms with Crippen LogP contribution in [-0.4, -0.2) is 19.1 Å². The van der Waals surface area contributed by atoms with Gasteiger partial charge < -0.3 is 9.13 Å². The van der Waals surface area contributed by atoms with Crippen LogP contribution in [0.4, 0.5) is 0 Å². The average molecular weight is 244 g/mol. The quantitative estimate of drug-likeness (QED) is 0.709. The lowest BCUT2D eigenvalue weighted by Gasteiger charge is -2.06. The van der Waals surface area contributed by atoms with Gasteiger partial charge in [-0.05, 0) is 11.4 Å². The molecule has 0 radical (unpaired) electrons. The molecule has 0 saturated heterocycles. The van der Waals surface area contributed by atoms with Crippen LogP contribution in [0, 0.1) is 0 Å². The minimum Gasteiger partial charge on any atom is -0.336 e. The van der Waals surface area contributed by atoms with Gasteiger partial charge >= 0.3 is 0 Å². The topological polar surface area (TPSA) is 35.6 Å². The lowest BCUT2D eigenvalue weighted by atomic mass is 10.4. The van der Waals surface area contributed by atoms with E-state index in [-0.39, 0.29) is 0 Å². The highest BCUT2D eigenvalue weighted by Gasteiger charge is 2.08. The maximum atomic E-state index is 4.41. The van der Waals surface area contributed by atoms with Crippen LogP contribution >= 0.6 is 11.3 Å². The van der Waals surface area contributed by atoms with Crippen molar-refractivity contribution in [2.45, 2.75) is 6.54 Å². The molecule has 0 saturated carbocycles. The summed E-state index contributed by atoms with van der Waals surface area (Å²) in [5.74, 6) is 1.02. The van der Waals surface area contributed by atoms with Gasteiger partial charge in [-0.15, -0.1) is 11.3 Å². The number of hydrogen-bond acceptors (Lipinski definition) is 3. The van der Waals surface area contributed by atoms with Crippen LogP contribution in [0.2, 0.25) is 0 Å². The summed E-state index contributed by atoms with van der Waals surface area (Å²) in [5, 5.41) is 2.07. The second-order valence-corrected chi connectivity index (χ2v) is 4.80. The van der Waals surface area contributed by atoms with E-state index in [2.05, 4.69) is 26.0 Å². The van der Waals surface area contributed by atoms with Crippen molar-refractivity contribution >= 4 is 11.3 Å². The molecular weight excluding hydrogens is 232 g/mol. The first-order valence-electron chi connectivity index (χ1n) is 5.35. The number of hydrogen-bond donors (Lipinski definition) is 0. The predicted molar refractivity (Wildman–Crippen MR) is 67.9 cm³/mol. The molecule has 0 aliphatic heterocycles. The van der Waals surface area contributed by atoms with E-state index in [4.69, 9.17) is 0 Å². The Morgan fingerprint density at radius 2 is 2.35 bits per heavy atom. The number of aromatic nitrogens is 4. The molecule has 3 aromatic heterocycles. The zero-order valence-corrected chi connectivity index (χ0v) is 10.3. The van der Waals surface area contributed by atoms with Crippen molar-refractivity contribution in [3.8, 4) is 10.7 Å². The summed E-state index contributed by atoms with van der Waals surface area (Å²) < 4.78 is 4.17. The Morgan fingerprint density at radius 3 is 3.06 bits per heavy atom. The summed E-state index contributed by atoms with van der Waals surface area (Å²) in [6.07, 6.45) is 7.54. The molecule has 0 amide bonds. The summed E-state index contributed by atoms with van der Waals surface area (Å²) in [7, 11) is 2.00. The van der Waals surface area contributed by atoms with Crippen molar-refractivity contribution in [2.24, 2.45) is 7.05 Å². The molecule has 17 heavy (non-hydrogen) atoms. The van der Waals surface area contributed by atoms with Gasteiger partial charge in [0.2, 0.25) is 0 Å². The van der Waals surface area contributed by atoms with Crippen LogP contribution in [0.1, 0.15) is 5.69 Å². The second kappa shape index (κ2) is 4.18. The Labute approximate surface area is 103 Å². The van der Waals surface area contributed by atoms with Crippen LogP contribution in [-0.2, 0) is 13.6 Å². The van der Waals surface area contributed by atoms with Crippen molar-refractivity contribution < 1.29 is 0 Å². The van der Waals surface area contributed by atoms with E-state index in [1.807, 2.05) is 42.6 Å². The van der Waals surface area contributed by atoms with Gasteiger partial charge in [-0.25, -0.2) is 9.97 Å². The molecule has 0 N–H and O–H groups in total. The molecule has 3 heterocycles. The Hall–Kier alpha value is -1.88. The SMILES string of the molecule is Cn1cncc1Cn1ccnc1-c1cccs1. The van der Waals surface area contributed by atoms with Gasteiger partial charge in [0, 0.05) is 25.6 Å². The summed E-state index contributed by atoms with van der Waals surface area (Å²) >= 11 is 1.71. The lowest BCUT2D eigenvalue weighted by Crippen LogP contribution is -2.04. The van der Waals surface area contributed by atoms with Crippen LogP contribution in [0.15, 0.2) is 42.4 Å². The van der Waals surface area contributed by atoms with Gasteiger partial charge in [0.05, 0.1) is 23.4 Å². The van der Waals surface area contributed by atoms with E-state index in [1.165, 1.54) is 10.6 Å². The minimum atomic E-state index is 0.795. The highest BCUT2D eigenvalue weighted by molar-refractivity contribution is 7.13. The third-order valence-corrected chi connectivity index (χ3v) is 3.57. The molecule has 0 aromatic carbocycles. The van der Waals surface area contributed by atoms with Crippen molar-refractivity contribution in [3.05, 3.63) is 48.1 Å². The molecule has 0 fully saturated rings. The number of thiophene rings is 1. The summed E-state index contributed by atoms with van der Waals surface area (Å²) in [4.78, 5) is 9.73. The van der Waals surface area contributed by atoms with Crippen molar-refractivity contribution in [1.29, 1.82) is 0 Å². The van der Waals surface area contributed by atoms with E-state index in [0.717, 1.165) is 12.4 Å². The first-order valence-corrected chi connectivity index (χ1v) is 6.23. The Balaban J connectivity index is 1.95. The number of imidazole rings is 2. The van der Waals surface area contributed by atoms with E-state index in [9.17, 15) is 0 Å². The van der Waals surface area contributed by atoms with Crippen molar-refractivity contribution in [2.75, 3.05) is 0 Å². The smallest absolute Gasteiger partial charge is 0.150 e. The Morgan fingerprint density at radius 1 is 1.41 bits per heavy atom. The maximum absolute atomic E-state index is 4.41. The monoisotopic (exact) mass is 244 g/mol. The lowest BCUT2D eigenvalue weighted by molar-refractivity contribution is 0.729. The van der Waals surface area contributed by atoms with E-state index in [1.54, 1.807) is 11.3 Å². The number of rotatable bonds is 3. The summed E-state index contributed by atoms with van der Waals surface area (Å²) in [6.45, 7) is 0.795. The van der Waals surface area contributed by atoms with E-state index in [0.29, 0.717) is 0 Å². The number of aryl methyl sites for hydroxylation is 1. The van der Waals surface area contributed by atoms with Crippen LogP contribution in [0.3, 0.4) is 0 Å². The van der Waals surface area contributed by atoms with Gasteiger partial charge in [0.25, 0.3) is 0 Å². The van der Waals surface area contributed by atoms with Gasteiger partial charge in [-0.2, -0.15) is 0 Å². The van der Waals surface area contributed by atoms with E-state index < -0.39 is 0 Å². The standard InChI is InChI=1S/C12H12N4S/c1-15-9-13-7-10(15)8-16-5-4-14-12(16)11-3-2-6-17-11/h2-7,9H,8H2,1H3. The molecule has 5 heteroatoms. The Bertz CT molecular complexity index is 606. The molecule has 0 spiro atoms. The largest absolute Gasteiger partial charge is 0.336 e.